The highest BCUT2D eigenvalue weighted by molar-refractivity contribution is 8.00. The lowest BCUT2D eigenvalue weighted by atomic mass is 10.1. The van der Waals surface area contributed by atoms with Crippen LogP contribution in [0.2, 0.25) is 0 Å². The van der Waals surface area contributed by atoms with Gasteiger partial charge in [-0.3, -0.25) is 4.79 Å². The Morgan fingerprint density at radius 1 is 1.46 bits per heavy atom. The Morgan fingerprint density at radius 3 is 2.46 bits per heavy atom. The molecular formula is C7H12O5S. The highest BCUT2D eigenvalue weighted by Crippen LogP contribution is 2.34. The molecule has 6 heteroatoms. The van der Waals surface area contributed by atoms with Gasteiger partial charge in [0.25, 0.3) is 0 Å². The maximum Gasteiger partial charge on any atom is 0.303 e. The second-order valence-corrected chi connectivity index (χ2v) is 4.16. The zero-order valence-electron chi connectivity index (χ0n) is 7.08. The Bertz CT molecular complexity index is 197. The van der Waals surface area contributed by atoms with E-state index in [9.17, 15) is 15.0 Å². The van der Waals surface area contributed by atoms with Gasteiger partial charge in [0.2, 0.25) is 0 Å². The number of aliphatic hydroxyl groups is 3. The van der Waals surface area contributed by atoms with Gasteiger partial charge < -0.3 is 20.1 Å². The molecule has 0 bridgehead atoms. The average molecular weight is 208 g/mol. The molecule has 5 nitrogen and oxygen atoms in total. The summed E-state index contributed by atoms with van der Waals surface area (Å²) in [6.07, 6.45) is -2.16. The molecule has 0 spiro atoms. The molecule has 1 saturated heterocycles. The molecule has 1 aliphatic rings. The van der Waals surface area contributed by atoms with E-state index in [4.69, 9.17) is 9.84 Å². The van der Waals surface area contributed by atoms with Crippen LogP contribution in [0.3, 0.4) is 0 Å². The fraction of sp³-hybridized carbons (Fsp3) is 0.857. The van der Waals surface area contributed by atoms with Crippen molar-refractivity contribution in [3.05, 3.63) is 0 Å². The SMILES string of the molecule is CC(=O)OC1S[C@@H](CO)[C@@H](O)[C@H]1O. The van der Waals surface area contributed by atoms with Crippen LogP contribution in [0, 0.1) is 0 Å². The quantitative estimate of drug-likeness (QED) is 0.489. The van der Waals surface area contributed by atoms with Crippen molar-refractivity contribution < 1.29 is 24.9 Å². The zero-order chi connectivity index (χ0) is 10.0. The molecule has 1 rings (SSSR count). The van der Waals surface area contributed by atoms with Gasteiger partial charge in [-0.1, -0.05) is 0 Å². The van der Waals surface area contributed by atoms with Crippen LogP contribution in [0.25, 0.3) is 0 Å². The molecular weight excluding hydrogens is 196 g/mol. The molecule has 3 N–H and O–H groups in total. The van der Waals surface area contributed by atoms with Crippen molar-refractivity contribution in [3.63, 3.8) is 0 Å². The van der Waals surface area contributed by atoms with Crippen LogP contribution in [0.1, 0.15) is 6.92 Å². The molecule has 0 saturated carbocycles. The first-order valence-electron chi connectivity index (χ1n) is 3.86. The predicted octanol–water partition coefficient (Wildman–Crippen LogP) is -1.29. The maximum atomic E-state index is 10.6. The van der Waals surface area contributed by atoms with Crippen molar-refractivity contribution in [3.8, 4) is 0 Å². The van der Waals surface area contributed by atoms with Gasteiger partial charge in [0.05, 0.1) is 18.0 Å². The van der Waals surface area contributed by atoms with Crippen LogP contribution in [0.5, 0.6) is 0 Å². The van der Waals surface area contributed by atoms with Crippen LogP contribution in [0.4, 0.5) is 0 Å². The number of carbonyl (C=O) groups excluding carboxylic acids is 1. The van der Waals surface area contributed by atoms with Crippen LogP contribution in [-0.4, -0.2) is 50.8 Å². The van der Waals surface area contributed by atoms with Gasteiger partial charge in [-0.15, -0.1) is 11.8 Å². The van der Waals surface area contributed by atoms with Crippen LogP contribution in [-0.2, 0) is 9.53 Å². The molecule has 1 heterocycles. The lowest BCUT2D eigenvalue weighted by Gasteiger charge is -2.14. The van der Waals surface area contributed by atoms with E-state index in [-0.39, 0.29) is 6.61 Å². The van der Waals surface area contributed by atoms with E-state index >= 15 is 0 Å². The number of aliphatic hydroxyl groups excluding tert-OH is 3. The molecule has 0 amide bonds. The number of hydrogen-bond donors (Lipinski definition) is 3. The standard InChI is InChI=1S/C7H12O5S/c1-3(9)12-7-6(11)5(10)4(2-8)13-7/h4-8,10-11H,2H2,1H3/t4-,5+,6+,7?/m0/s1. The minimum absolute atomic E-state index is 0.249. The summed E-state index contributed by atoms with van der Waals surface area (Å²) >= 11 is 1.06. The average Bonchev–Trinajstić information content (AvgIpc) is 2.32. The van der Waals surface area contributed by atoms with Gasteiger partial charge >= 0.3 is 5.97 Å². The Morgan fingerprint density at radius 2 is 2.08 bits per heavy atom. The lowest BCUT2D eigenvalue weighted by Crippen LogP contribution is -2.35. The van der Waals surface area contributed by atoms with Gasteiger partial charge in [0.1, 0.15) is 6.10 Å². The Balaban J connectivity index is 2.55. The zero-order valence-corrected chi connectivity index (χ0v) is 7.90. The molecule has 13 heavy (non-hydrogen) atoms. The second-order valence-electron chi connectivity index (χ2n) is 2.82. The van der Waals surface area contributed by atoms with Gasteiger partial charge in [-0.2, -0.15) is 0 Å². The topological polar surface area (TPSA) is 87.0 Å². The molecule has 0 aromatic carbocycles. The summed E-state index contributed by atoms with van der Waals surface area (Å²) in [6, 6.07) is 0. The lowest BCUT2D eigenvalue weighted by molar-refractivity contribution is -0.147. The molecule has 1 fully saturated rings. The fourth-order valence-corrected chi connectivity index (χ4v) is 2.39. The van der Waals surface area contributed by atoms with Gasteiger partial charge in [-0.25, -0.2) is 0 Å². The first kappa shape index (κ1) is 10.8. The van der Waals surface area contributed by atoms with Crippen molar-refractivity contribution in [2.24, 2.45) is 0 Å². The van der Waals surface area contributed by atoms with Gasteiger partial charge in [-0.05, 0) is 0 Å². The monoisotopic (exact) mass is 208 g/mol. The molecule has 1 aliphatic heterocycles. The number of carbonyl (C=O) groups is 1. The number of thioether (sulfide) groups is 1. The Hall–Kier alpha value is -0.300. The minimum Gasteiger partial charge on any atom is -0.449 e. The first-order chi connectivity index (χ1) is 6.06. The van der Waals surface area contributed by atoms with Gasteiger partial charge in [0, 0.05) is 6.92 Å². The summed E-state index contributed by atoms with van der Waals surface area (Å²) in [7, 11) is 0. The fourth-order valence-electron chi connectivity index (χ4n) is 1.13. The Labute approximate surface area is 79.7 Å². The smallest absolute Gasteiger partial charge is 0.303 e. The van der Waals surface area contributed by atoms with E-state index in [0.29, 0.717) is 0 Å². The molecule has 0 aromatic heterocycles. The molecule has 0 radical (unpaired) electrons. The van der Waals surface area contributed by atoms with E-state index in [1.165, 1.54) is 6.92 Å². The highest BCUT2D eigenvalue weighted by atomic mass is 32.2. The summed E-state index contributed by atoms with van der Waals surface area (Å²) in [5.74, 6) is -0.512. The van der Waals surface area contributed by atoms with Crippen molar-refractivity contribution in [2.45, 2.75) is 29.8 Å². The second kappa shape index (κ2) is 4.28. The van der Waals surface area contributed by atoms with Crippen molar-refractivity contribution >= 4 is 17.7 Å². The summed E-state index contributed by atoms with van der Waals surface area (Å²) in [6.45, 7) is 0.979. The molecule has 76 valence electrons. The maximum absolute atomic E-state index is 10.6. The Kier molecular flexibility index (Phi) is 3.55. The van der Waals surface area contributed by atoms with Crippen LogP contribution in [0.15, 0.2) is 0 Å². The number of rotatable bonds is 2. The third-order valence-electron chi connectivity index (χ3n) is 1.78. The van der Waals surface area contributed by atoms with E-state index in [2.05, 4.69) is 0 Å². The number of hydrogen-bond acceptors (Lipinski definition) is 6. The van der Waals surface area contributed by atoms with E-state index < -0.39 is 28.9 Å². The van der Waals surface area contributed by atoms with Crippen molar-refractivity contribution in [2.75, 3.05) is 6.61 Å². The molecule has 4 atom stereocenters. The number of esters is 1. The minimum atomic E-state index is -1.12. The summed E-state index contributed by atoms with van der Waals surface area (Å²) < 4.78 is 4.73. The largest absolute Gasteiger partial charge is 0.449 e. The summed E-state index contributed by atoms with van der Waals surface area (Å²) in [4.78, 5) is 10.6. The normalized spacial score (nSPS) is 39.1. The third kappa shape index (κ3) is 2.34. The van der Waals surface area contributed by atoms with Crippen LogP contribution >= 0.6 is 11.8 Å². The summed E-state index contributed by atoms with van der Waals surface area (Å²) in [5, 5.41) is 27.0. The predicted molar refractivity (Wildman–Crippen MR) is 46.0 cm³/mol. The first-order valence-corrected chi connectivity index (χ1v) is 4.80. The van der Waals surface area contributed by atoms with E-state index in [1.807, 2.05) is 0 Å². The summed E-state index contributed by atoms with van der Waals surface area (Å²) in [5.41, 5.74) is -0.773. The highest BCUT2D eigenvalue weighted by Gasteiger charge is 2.43. The molecule has 1 unspecified atom stereocenters. The number of ether oxygens (including phenoxy) is 1. The van der Waals surface area contributed by atoms with E-state index in [1.54, 1.807) is 0 Å². The van der Waals surface area contributed by atoms with Crippen LogP contribution < -0.4 is 0 Å². The van der Waals surface area contributed by atoms with Crippen molar-refractivity contribution in [1.29, 1.82) is 0 Å². The third-order valence-corrected chi connectivity index (χ3v) is 3.20. The van der Waals surface area contributed by atoms with E-state index in [0.717, 1.165) is 11.8 Å². The molecule has 0 aliphatic carbocycles. The molecule has 0 aromatic rings. The van der Waals surface area contributed by atoms with Crippen molar-refractivity contribution in [1.82, 2.24) is 0 Å². The van der Waals surface area contributed by atoms with Gasteiger partial charge in [0.15, 0.2) is 5.44 Å².